The predicted molar refractivity (Wildman–Crippen MR) is 61.1 cm³/mol. The lowest BCUT2D eigenvalue weighted by molar-refractivity contribution is 0.675. The number of fused-ring (bicyclic) bond motifs is 1. The highest BCUT2D eigenvalue weighted by atomic mass is 35.5. The SMILES string of the molecule is Cl.[2H]C1([2H])NC[C@@]2(c3ccc(C)cc3)C([2H])([2H])[C@@]12[2H]. The molecule has 2 fully saturated rings. The summed E-state index contributed by atoms with van der Waals surface area (Å²) in [7, 11) is 0. The molecule has 1 N–H and O–H groups in total. The monoisotopic (exact) mass is 214 g/mol. The first-order chi connectivity index (χ1) is 8.21. The summed E-state index contributed by atoms with van der Waals surface area (Å²) >= 11 is 0. The molecular weight excluding hydrogens is 194 g/mol. The van der Waals surface area contributed by atoms with Gasteiger partial charge in [0.25, 0.3) is 0 Å². The third-order valence-corrected chi connectivity index (χ3v) is 2.81. The molecule has 0 amide bonds. The number of piperidine rings is 1. The second kappa shape index (κ2) is 3.25. The minimum atomic E-state index is -2.00. The Morgan fingerprint density at radius 2 is 2.21 bits per heavy atom. The molecule has 1 saturated carbocycles. The molecule has 1 aliphatic carbocycles. The Morgan fingerprint density at radius 3 is 2.79 bits per heavy atom. The van der Waals surface area contributed by atoms with Crippen molar-refractivity contribution in [3.8, 4) is 0 Å². The number of rotatable bonds is 1. The first kappa shape index (κ1) is 5.53. The van der Waals surface area contributed by atoms with Gasteiger partial charge in [0.15, 0.2) is 0 Å². The Hall–Kier alpha value is -0.530. The minimum Gasteiger partial charge on any atom is -0.316 e. The van der Waals surface area contributed by atoms with Crippen LogP contribution in [0, 0.1) is 12.8 Å². The van der Waals surface area contributed by atoms with Crippen LogP contribution < -0.4 is 5.32 Å². The van der Waals surface area contributed by atoms with Crippen LogP contribution in [0.4, 0.5) is 0 Å². The van der Waals surface area contributed by atoms with Crippen LogP contribution in [0.3, 0.4) is 0 Å². The third kappa shape index (κ3) is 1.27. The Labute approximate surface area is 98.3 Å². The maximum absolute atomic E-state index is 8.29. The molecule has 1 saturated heterocycles. The highest BCUT2D eigenvalue weighted by Gasteiger charge is 2.57. The van der Waals surface area contributed by atoms with Gasteiger partial charge in [-0.2, -0.15) is 0 Å². The van der Waals surface area contributed by atoms with Gasteiger partial charge >= 0.3 is 0 Å². The smallest absolute Gasteiger partial charge is 0.0431 e. The topological polar surface area (TPSA) is 12.0 Å². The van der Waals surface area contributed by atoms with Gasteiger partial charge in [-0.1, -0.05) is 29.8 Å². The number of hydrogen-bond acceptors (Lipinski definition) is 1. The predicted octanol–water partition coefficient (Wildman–Crippen LogP) is 2.28. The van der Waals surface area contributed by atoms with E-state index in [0.29, 0.717) is 5.56 Å². The zero-order valence-electron chi connectivity index (χ0n) is 12.9. The van der Waals surface area contributed by atoms with Crippen molar-refractivity contribution in [2.24, 2.45) is 5.89 Å². The summed E-state index contributed by atoms with van der Waals surface area (Å²) in [6.07, 6.45) is -1.84. The van der Waals surface area contributed by atoms with Crippen LogP contribution in [0.1, 0.15) is 24.4 Å². The summed E-state index contributed by atoms with van der Waals surface area (Å²) < 4.78 is 40.1. The molecule has 2 atom stereocenters. The van der Waals surface area contributed by atoms with Crippen LogP contribution in [-0.2, 0) is 5.41 Å². The molecule has 2 heteroatoms. The first-order valence-electron chi connectivity index (χ1n) is 7.03. The molecule has 3 rings (SSSR count). The molecule has 1 nitrogen and oxygen atoms in total. The van der Waals surface area contributed by atoms with Crippen molar-refractivity contribution in [3.05, 3.63) is 35.4 Å². The molecule has 2 aliphatic rings. The van der Waals surface area contributed by atoms with Crippen LogP contribution in [-0.4, -0.2) is 13.0 Å². The normalized spacial score (nSPS) is 51.1. The number of halogens is 1. The van der Waals surface area contributed by atoms with Gasteiger partial charge in [0, 0.05) is 18.8 Å². The summed E-state index contributed by atoms with van der Waals surface area (Å²) in [5.74, 6) is -1.75. The van der Waals surface area contributed by atoms with E-state index in [1.54, 1.807) is 0 Å². The molecule has 1 aromatic carbocycles. The van der Waals surface area contributed by atoms with Crippen molar-refractivity contribution in [1.82, 2.24) is 5.32 Å². The summed E-state index contributed by atoms with van der Waals surface area (Å²) in [5, 5.41) is 2.65. The lowest BCUT2D eigenvalue weighted by Gasteiger charge is -2.11. The standard InChI is InChI=1S/C12H15N.ClH/c1-9-2-4-10(5-3-9)12-6-11(12)7-13-8-12;/h2-5,11,13H,6-8H2,1H3;1H/t11-,12+;/m0./s1/i6D2,7D2,11D;. The molecule has 0 spiro atoms. The number of nitrogens with one attached hydrogen (secondary N) is 1. The van der Waals surface area contributed by atoms with E-state index in [9.17, 15) is 0 Å². The van der Waals surface area contributed by atoms with Crippen LogP contribution in [0.15, 0.2) is 24.3 Å². The van der Waals surface area contributed by atoms with Crippen LogP contribution in [0.25, 0.3) is 0 Å². The van der Waals surface area contributed by atoms with E-state index >= 15 is 0 Å². The molecule has 0 unspecified atom stereocenters. The Kier molecular flexibility index (Phi) is 1.28. The average Bonchev–Trinajstić information content (AvgIpc) is 2.55. The van der Waals surface area contributed by atoms with Crippen molar-refractivity contribution in [3.63, 3.8) is 0 Å². The fraction of sp³-hybridized carbons (Fsp3) is 0.500. The van der Waals surface area contributed by atoms with Crippen LogP contribution in [0.2, 0.25) is 0 Å². The summed E-state index contributed by atoms with van der Waals surface area (Å²) in [5.41, 5.74) is 0.708. The van der Waals surface area contributed by atoms with Crippen molar-refractivity contribution >= 4 is 12.4 Å². The van der Waals surface area contributed by atoms with E-state index in [1.807, 2.05) is 31.2 Å². The molecule has 0 bridgehead atoms. The summed E-state index contributed by atoms with van der Waals surface area (Å²) in [6.45, 7) is 0.115. The second-order valence-electron chi connectivity index (χ2n) is 3.75. The lowest BCUT2D eigenvalue weighted by Crippen LogP contribution is -2.19. The van der Waals surface area contributed by atoms with Crippen LogP contribution >= 0.6 is 12.4 Å². The fourth-order valence-corrected chi connectivity index (χ4v) is 1.87. The third-order valence-electron chi connectivity index (χ3n) is 2.81. The molecule has 0 aromatic heterocycles. The molecular formula is C12H16ClN. The van der Waals surface area contributed by atoms with E-state index in [2.05, 4.69) is 5.32 Å². The van der Waals surface area contributed by atoms with Crippen molar-refractivity contribution in [2.45, 2.75) is 18.7 Å². The van der Waals surface area contributed by atoms with E-state index in [0.717, 1.165) is 5.56 Å². The quantitative estimate of drug-likeness (QED) is 0.757. The largest absolute Gasteiger partial charge is 0.316 e. The molecule has 1 heterocycles. The van der Waals surface area contributed by atoms with Crippen molar-refractivity contribution in [2.75, 3.05) is 13.0 Å². The number of aryl methyl sites for hydroxylation is 1. The first-order valence-corrected chi connectivity index (χ1v) is 4.53. The van der Waals surface area contributed by atoms with E-state index < -0.39 is 24.2 Å². The van der Waals surface area contributed by atoms with Gasteiger partial charge in [0.1, 0.15) is 0 Å². The average molecular weight is 215 g/mol. The molecule has 0 radical (unpaired) electrons. The maximum atomic E-state index is 8.29. The van der Waals surface area contributed by atoms with E-state index in [1.165, 1.54) is 0 Å². The number of benzene rings is 1. The van der Waals surface area contributed by atoms with E-state index in [-0.39, 0.29) is 19.0 Å². The van der Waals surface area contributed by atoms with Gasteiger partial charge in [-0.15, -0.1) is 12.4 Å². The van der Waals surface area contributed by atoms with Crippen molar-refractivity contribution in [1.29, 1.82) is 0 Å². The zero-order chi connectivity index (χ0) is 13.4. The number of hydrogen-bond donors (Lipinski definition) is 1. The summed E-state index contributed by atoms with van der Waals surface area (Å²) in [6, 6.07) is 7.39. The minimum absolute atomic E-state index is 0. The lowest BCUT2D eigenvalue weighted by atomic mass is 9.94. The second-order valence-corrected chi connectivity index (χ2v) is 3.75. The molecule has 1 aromatic rings. The Morgan fingerprint density at radius 1 is 1.50 bits per heavy atom. The fourth-order valence-electron chi connectivity index (χ4n) is 1.87. The van der Waals surface area contributed by atoms with E-state index in [4.69, 9.17) is 6.85 Å². The molecule has 76 valence electrons. The highest BCUT2D eigenvalue weighted by molar-refractivity contribution is 5.85. The van der Waals surface area contributed by atoms with Crippen LogP contribution in [0.5, 0.6) is 0 Å². The molecule has 1 aliphatic heterocycles. The van der Waals surface area contributed by atoms with Crippen molar-refractivity contribution < 1.29 is 6.85 Å². The highest BCUT2D eigenvalue weighted by Crippen LogP contribution is 2.56. The molecule has 14 heavy (non-hydrogen) atoms. The van der Waals surface area contributed by atoms with Gasteiger partial charge in [0.05, 0.1) is 0 Å². The van der Waals surface area contributed by atoms with Gasteiger partial charge < -0.3 is 5.32 Å². The van der Waals surface area contributed by atoms with Gasteiger partial charge in [-0.05, 0) is 31.3 Å². The van der Waals surface area contributed by atoms with Gasteiger partial charge in [0.2, 0.25) is 0 Å². The Bertz CT molecular complexity index is 517. The van der Waals surface area contributed by atoms with Gasteiger partial charge in [-0.25, -0.2) is 0 Å². The zero-order valence-corrected chi connectivity index (χ0v) is 8.74. The maximum Gasteiger partial charge on any atom is 0.0431 e. The Balaban J connectivity index is 0.00000133. The van der Waals surface area contributed by atoms with Gasteiger partial charge in [-0.3, -0.25) is 0 Å². The summed E-state index contributed by atoms with van der Waals surface area (Å²) in [4.78, 5) is 0.